The van der Waals surface area contributed by atoms with Gasteiger partial charge in [0, 0.05) is 30.3 Å². The molecule has 0 spiro atoms. The summed E-state index contributed by atoms with van der Waals surface area (Å²) in [6.45, 7) is 1.63. The normalized spacial score (nSPS) is 22.6. The van der Waals surface area contributed by atoms with E-state index < -0.39 is 10.0 Å². The van der Waals surface area contributed by atoms with Gasteiger partial charge in [-0.15, -0.1) is 0 Å². The van der Waals surface area contributed by atoms with Gasteiger partial charge >= 0.3 is 0 Å². The Hall–Kier alpha value is -0.660. The third-order valence-corrected chi connectivity index (χ3v) is 5.62. The third-order valence-electron chi connectivity index (χ3n) is 3.74. The Morgan fingerprint density at radius 2 is 2.05 bits per heavy atom. The summed E-state index contributed by atoms with van der Waals surface area (Å²) in [5, 5.41) is 3.93. The number of rotatable bonds is 6. The molecule has 21 heavy (non-hydrogen) atoms. The van der Waals surface area contributed by atoms with Gasteiger partial charge < -0.3 is 10.1 Å². The van der Waals surface area contributed by atoms with E-state index in [4.69, 9.17) is 16.3 Å². The van der Waals surface area contributed by atoms with Gasteiger partial charge in [-0.1, -0.05) is 11.6 Å². The maximum atomic E-state index is 12.4. The molecule has 1 aromatic rings. The molecule has 1 heterocycles. The molecule has 2 N–H and O–H groups in total. The van der Waals surface area contributed by atoms with Crippen LogP contribution in [0.5, 0.6) is 0 Å². The van der Waals surface area contributed by atoms with Gasteiger partial charge in [0.15, 0.2) is 0 Å². The Kier molecular flexibility index (Phi) is 4.51. The predicted molar refractivity (Wildman–Crippen MR) is 80.9 cm³/mol. The molecule has 0 radical (unpaired) electrons. The first-order valence-corrected chi connectivity index (χ1v) is 9.02. The van der Waals surface area contributed by atoms with Crippen molar-refractivity contribution in [2.24, 2.45) is 0 Å². The van der Waals surface area contributed by atoms with E-state index in [1.807, 2.05) is 0 Å². The minimum atomic E-state index is -3.52. The molecule has 0 amide bonds. The van der Waals surface area contributed by atoms with Crippen LogP contribution in [0.1, 0.15) is 24.8 Å². The number of nitrogens with one attached hydrogen (secondary N) is 2. The maximum Gasteiger partial charge on any atom is 0.240 e. The Morgan fingerprint density at radius 3 is 2.71 bits per heavy atom. The number of halogens is 1. The lowest BCUT2D eigenvalue weighted by atomic mass is 10.2. The average molecular weight is 331 g/mol. The highest BCUT2D eigenvalue weighted by Crippen LogP contribution is 2.24. The van der Waals surface area contributed by atoms with Crippen molar-refractivity contribution in [3.05, 3.63) is 28.8 Å². The zero-order chi connectivity index (χ0) is 14.9. The van der Waals surface area contributed by atoms with Crippen LogP contribution < -0.4 is 10.0 Å². The average Bonchev–Trinajstić information content (AvgIpc) is 3.14. The van der Waals surface area contributed by atoms with Crippen molar-refractivity contribution in [1.82, 2.24) is 10.0 Å². The molecule has 1 aliphatic heterocycles. The second-order valence-electron chi connectivity index (χ2n) is 5.59. The third kappa shape index (κ3) is 3.96. The second-order valence-corrected chi connectivity index (χ2v) is 7.71. The van der Waals surface area contributed by atoms with Gasteiger partial charge in [0.1, 0.15) is 0 Å². The zero-order valence-corrected chi connectivity index (χ0v) is 13.2. The fraction of sp³-hybridized carbons (Fsp3) is 0.571. The lowest BCUT2D eigenvalue weighted by Crippen LogP contribution is -2.35. The van der Waals surface area contributed by atoms with E-state index in [0.717, 1.165) is 5.56 Å². The molecule has 1 aromatic carbocycles. The van der Waals surface area contributed by atoms with E-state index in [-0.39, 0.29) is 10.9 Å². The number of hydrogen-bond donors (Lipinski definition) is 2. The molecule has 1 saturated heterocycles. The Bertz CT molecular complexity index is 611. The Morgan fingerprint density at radius 1 is 1.24 bits per heavy atom. The minimum absolute atomic E-state index is 0.140. The molecule has 2 fully saturated rings. The molecule has 1 unspecified atom stereocenters. The SMILES string of the molecule is O=S(=O)(NC1CCOC1)c1ccc(Cl)c(CNC2CC2)c1. The quantitative estimate of drug-likeness (QED) is 0.832. The van der Waals surface area contributed by atoms with Gasteiger partial charge in [-0.2, -0.15) is 0 Å². The zero-order valence-electron chi connectivity index (χ0n) is 11.6. The highest BCUT2D eigenvalue weighted by Gasteiger charge is 2.24. The van der Waals surface area contributed by atoms with Crippen molar-refractivity contribution >= 4 is 21.6 Å². The molecule has 1 saturated carbocycles. The molecule has 0 aromatic heterocycles. The summed E-state index contributed by atoms with van der Waals surface area (Å²) in [7, 11) is -3.52. The van der Waals surface area contributed by atoms with Crippen molar-refractivity contribution in [3.8, 4) is 0 Å². The fourth-order valence-corrected chi connectivity index (χ4v) is 3.80. The first kappa shape index (κ1) is 15.2. The minimum Gasteiger partial charge on any atom is -0.380 e. The number of sulfonamides is 1. The molecule has 2 aliphatic rings. The van der Waals surface area contributed by atoms with Crippen LogP contribution in [0.2, 0.25) is 5.02 Å². The van der Waals surface area contributed by atoms with Crippen LogP contribution in [0.3, 0.4) is 0 Å². The summed E-state index contributed by atoms with van der Waals surface area (Å²) < 4.78 is 32.6. The summed E-state index contributed by atoms with van der Waals surface area (Å²) in [6, 6.07) is 5.25. The molecule has 0 bridgehead atoms. The molecule has 5 nitrogen and oxygen atoms in total. The predicted octanol–water partition coefficient (Wildman–Crippen LogP) is 1.66. The van der Waals surface area contributed by atoms with Crippen LogP contribution in [0, 0.1) is 0 Å². The van der Waals surface area contributed by atoms with E-state index in [0.29, 0.717) is 37.2 Å². The van der Waals surface area contributed by atoms with Gasteiger partial charge in [0.05, 0.1) is 11.5 Å². The van der Waals surface area contributed by atoms with Crippen molar-refractivity contribution in [1.29, 1.82) is 0 Å². The number of benzene rings is 1. The topological polar surface area (TPSA) is 67.4 Å². The van der Waals surface area contributed by atoms with E-state index in [1.165, 1.54) is 12.8 Å². The standard InChI is InChI=1S/C14H19ClN2O3S/c15-14-4-3-13(7-10(14)8-16-11-1-2-11)21(18,19)17-12-5-6-20-9-12/h3-4,7,11-12,16-17H,1-2,5-6,8-9H2. The largest absolute Gasteiger partial charge is 0.380 e. The Balaban J connectivity index is 1.74. The lowest BCUT2D eigenvalue weighted by molar-refractivity contribution is 0.192. The number of hydrogen-bond acceptors (Lipinski definition) is 4. The van der Waals surface area contributed by atoms with Gasteiger partial charge in [-0.25, -0.2) is 13.1 Å². The summed E-state index contributed by atoms with van der Waals surface area (Å²) in [5.41, 5.74) is 0.814. The smallest absolute Gasteiger partial charge is 0.240 e. The fourth-order valence-electron chi connectivity index (χ4n) is 2.31. The van der Waals surface area contributed by atoms with E-state index in [1.54, 1.807) is 18.2 Å². The van der Waals surface area contributed by atoms with Crippen LogP contribution in [-0.4, -0.2) is 33.7 Å². The van der Waals surface area contributed by atoms with Crippen LogP contribution in [0.25, 0.3) is 0 Å². The van der Waals surface area contributed by atoms with Crippen LogP contribution in [0.4, 0.5) is 0 Å². The highest BCUT2D eigenvalue weighted by molar-refractivity contribution is 7.89. The van der Waals surface area contributed by atoms with Crippen LogP contribution in [0.15, 0.2) is 23.1 Å². The van der Waals surface area contributed by atoms with E-state index >= 15 is 0 Å². The molecule has 116 valence electrons. The molecule has 3 rings (SSSR count). The van der Waals surface area contributed by atoms with Crippen molar-refractivity contribution in [3.63, 3.8) is 0 Å². The molecular weight excluding hydrogens is 312 g/mol. The Labute approximate surface area is 130 Å². The second kappa shape index (κ2) is 6.22. The summed E-state index contributed by atoms with van der Waals surface area (Å²) in [5.74, 6) is 0. The molecule has 7 heteroatoms. The van der Waals surface area contributed by atoms with Crippen molar-refractivity contribution in [2.75, 3.05) is 13.2 Å². The maximum absolute atomic E-state index is 12.4. The first-order chi connectivity index (χ1) is 10.0. The van der Waals surface area contributed by atoms with Crippen LogP contribution >= 0.6 is 11.6 Å². The van der Waals surface area contributed by atoms with Crippen molar-refractivity contribution < 1.29 is 13.2 Å². The van der Waals surface area contributed by atoms with Gasteiger partial charge in [-0.3, -0.25) is 0 Å². The molecule has 1 atom stereocenters. The summed E-state index contributed by atoms with van der Waals surface area (Å²) in [4.78, 5) is 0.256. The van der Waals surface area contributed by atoms with E-state index in [2.05, 4.69) is 10.0 Å². The van der Waals surface area contributed by atoms with Crippen molar-refractivity contribution in [2.45, 2.75) is 42.8 Å². The summed E-state index contributed by atoms with van der Waals surface area (Å²) >= 11 is 6.15. The lowest BCUT2D eigenvalue weighted by Gasteiger charge is -2.13. The van der Waals surface area contributed by atoms with Gasteiger partial charge in [0.2, 0.25) is 10.0 Å². The van der Waals surface area contributed by atoms with Gasteiger partial charge in [0.25, 0.3) is 0 Å². The molecular formula is C14H19ClN2O3S. The number of ether oxygens (including phenoxy) is 1. The molecule has 1 aliphatic carbocycles. The van der Waals surface area contributed by atoms with E-state index in [9.17, 15) is 8.42 Å². The van der Waals surface area contributed by atoms with Crippen LogP contribution in [-0.2, 0) is 21.3 Å². The highest BCUT2D eigenvalue weighted by atomic mass is 35.5. The first-order valence-electron chi connectivity index (χ1n) is 7.16. The van der Waals surface area contributed by atoms with Gasteiger partial charge in [-0.05, 0) is 43.0 Å². The monoisotopic (exact) mass is 330 g/mol. The summed E-state index contributed by atoms with van der Waals surface area (Å²) in [6.07, 6.45) is 3.07.